The molecule has 140 valence electrons. The fourth-order valence-electron chi connectivity index (χ4n) is 3.35. The third-order valence-electron chi connectivity index (χ3n) is 4.97. The molecule has 0 spiro atoms. The SMILES string of the molecule is CN1CCC(c2cnc(OC(=O)C3=Cc4cc(F)ccc4OC3)nc2)CC1. The first-order valence-corrected chi connectivity index (χ1v) is 8.94. The number of esters is 1. The van der Waals surface area contributed by atoms with E-state index < -0.39 is 11.8 Å². The van der Waals surface area contributed by atoms with Crippen molar-refractivity contribution in [2.75, 3.05) is 26.7 Å². The Hall–Kier alpha value is -2.80. The first kappa shape index (κ1) is 17.6. The molecule has 0 N–H and O–H groups in total. The third kappa shape index (κ3) is 3.98. The lowest BCUT2D eigenvalue weighted by Crippen LogP contribution is -2.29. The molecule has 6 nitrogen and oxygen atoms in total. The fraction of sp³-hybridized carbons (Fsp3) is 0.350. The Morgan fingerprint density at radius 3 is 2.74 bits per heavy atom. The maximum Gasteiger partial charge on any atom is 0.345 e. The summed E-state index contributed by atoms with van der Waals surface area (Å²) in [6, 6.07) is 4.17. The van der Waals surface area contributed by atoms with Crippen molar-refractivity contribution in [1.29, 1.82) is 0 Å². The lowest BCUT2D eigenvalue weighted by Gasteiger charge is -2.28. The number of carbonyl (C=O) groups is 1. The fourth-order valence-corrected chi connectivity index (χ4v) is 3.35. The summed E-state index contributed by atoms with van der Waals surface area (Å²) in [7, 11) is 2.12. The van der Waals surface area contributed by atoms with Crippen molar-refractivity contribution in [3.05, 3.63) is 53.1 Å². The van der Waals surface area contributed by atoms with E-state index >= 15 is 0 Å². The maximum atomic E-state index is 13.4. The van der Waals surface area contributed by atoms with Gasteiger partial charge in [-0.3, -0.25) is 0 Å². The van der Waals surface area contributed by atoms with Crippen LogP contribution in [-0.2, 0) is 4.79 Å². The van der Waals surface area contributed by atoms with Gasteiger partial charge in [-0.2, -0.15) is 0 Å². The zero-order chi connectivity index (χ0) is 18.8. The lowest BCUT2D eigenvalue weighted by atomic mass is 9.92. The van der Waals surface area contributed by atoms with E-state index in [1.165, 1.54) is 18.2 Å². The average molecular weight is 369 g/mol. The van der Waals surface area contributed by atoms with E-state index in [0.29, 0.717) is 17.2 Å². The van der Waals surface area contributed by atoms with Crippen LogP contribution in [0.2, 0.25) is 0 Å². The molecule has 2 aromatic rings. The molecule has 1 saturated heterocycles. The molecule has 7 heteroatoms. The van der Waals surface area contributed by atoms with Crippen LogP contribution in [0.15, 0.2) is 36.2 Å². The van der Waals surface area contributed by atoms with Gasteiger partial charge in [0.15, 0.2) is 0 Å². The Morgan fingerprint density at radius 1 is 1.26 bits per heavy atom. The molecule has 2 aliphatic rings. The number of halogens is 1. The molecular weight excluding hydrogens is 349 g/mol. The first-order chi connectivity index (χ1) is 13.1. The van der Waals surface area contributed by atoms with Gasteiger partial charge in [-0.1, -0.05) is 0 Å². The molecule has 0 unspecified atom stereocenters. The number of benzene rings is 1. The predicted octanol–water partition coefficient (Wildman–Crippen LogP) is 2.81. The Labute approximate surface area is 156 Å². The molecule has 27 heavy (non-hydrogen) atoms. The largest absolute Gasteiger partial charge is 0.488 e. The predicted molar refractivity (Wildman–Crippen MR) is 97.0 cm³/mol. The second kappa shape index (κ2) is 7.44. The quantitative estimate of drug-likeness (QED) is 0.776. The molecule has 0 amide bonds. The molecule has 0 aliphatic carbocycles. The first-order valence-electron chi connectivity index (χ1n) is 8.94. The number of hydrogen-bond donors (Lipinski definition) is 0. The topological polar surface area (TPSA) is 64.6 Å². The monoisotopic (exact) mass is 369 g/mol. The van der Waals surface area contributed by atoms with Crippen LogP contribution in [0.3, 0.4) is 0 Å². The Balaban J connectivity index is 1.42. The molecule has 4 rings (SSSR count). The van der Waals surface area contributed by atoms with Crippen LogP contribution in [0.5, 0.6) is 11.8 Å². The van der Waals surface area contributed by atoms with E-state index in [-0.39, 0.29) is 18.2 Å². The Morgan fingerprint density at radius 2 is 2.00 bits per heavy atom. The number of aromatic nitrogens is 2. The second-order valence-electron chi connectivity index (χ2n) is 6.91. The number of nitrogens with zero attached hydrogens (tertiary/aromatic N) is 3. The summed E-state index contributed by atoms with van der Waals surface area (Å²) in [6.07, 6.45) is 7.15. The van der Waals surface area contributed by atoms with Gasteiger partial charge < -0.3 is 14.4 Å². The molecule has 0 atom stereocenters. The number of rotatable bonds is 3. The summed E-state index contributed by atoms with van der Waals surface area (Å²) in [5, 5.41) is 0. The molecule has 0 saturated carbocycles. The Bertz CT molecular complexity index is 875. The zero-order valence-electron chi connectivity index (χ0n) is 15.0. The number of carbonyl (C=O) groups excluding carboxylic acids is 1. The summed E-state index contributed by atoms with van der Waals surface area (Å²) >= 11 is 0. The third-order valence-corrected chi connectivity index (χ3v) is 4.97. The minimum Gasteiger partial charge on any atom is -0.488 e. The molecule has 1 aromatic carbocycles. The minimum atomic E-state index is -0.600. The summed E-state index contributed by atoms with van der Waals surface area (Å²) in [6.45, 7) is 2.17. The molecule has 2 aliphatic heterocycles. The van der Waals surface area contributed by atoms with Crippen molar-refractivity contribution < 1.29 is 18.7 Å². The van der Waals surface area contributed by atoms with Gasteiger partial charge in [-0.25, -0.2) is 19.2 Å². The van der Waals surface area contributed by atoms with Gasteiger partial charge in [0.25, 0.3) is 0 Å². The van der Waals surface area contributed by atoms with E-state index in [1.807, 2.05) is 0 Å². The van der Waals surface area contributed by atoms with Crippen molar-refractivity contribution in [1.82, 2.24) is 14.9 Å². The van der Waals surface area contributed by atoms with Gasteiger partial charge in [0, 0.05) is 18.0 Å². The summed E-state index contributed by atoms with van der Waals surface area (Å²) in [4.78, 5) is 23.0. The zero-order valence-corrected chi connectivity index (χ0v) is 15.0. The maximum absolute atomic E-state index is 13.4. The second-order valence-corrected chi connectivity index (χ2v) is 6.91. The molecule has 0 bridgehead atoms. The van der Waals surface area contributed by atoms with Crippen LogP contribution in [-0.4, -0.2) is 47.6 Å². The molecule has 0 radical (unpaired) electrons. The smallest absolute Gasteiger partial charge is 0.345 e. The summed E-state index contributed by atoms with van der Waals surface area (Å²) in [5.74, 6) is -0.0218. The molecule has 3 heterocycles. The highest BCUT2D eigenvalue weighted by molar-refractivity contribution is 5.96. The van der Waals surface area contributed by atoms with Crippen molar-refractivity contribution >= 4 is 12.0 Å². The molecular formula is C20H20FN3O3. The number of piperidine rings is 1. The van der Waals surface area contributed by atoms with E-state index in [4.69, 9.17) is 9.47 Å². The standard InChI is InChI=1S/C20H20FN3O3/c1-24-6-4-13(5-7-24)16-10-22-20(23-11-16)27-19(25)15-8-14-9-17(21)2-3-18(14)26-12-15/h2-3,8-11,13H,4-7,12H2,1H3. The normalized spacial score (nSPS) is 17.6. The van der Waals surface area contributed by atoms with Crippen molar-refractivity contribution in [2.45, 2.75) is 18.8 Å². The van der Waals surface area contributed by atoms with E-state index in [1.54, 1.807) is 18.5 Å². The van der Waals surface area contributed by atoms with Crippen LogP contribution in [0.1, 0.15) is 29.9 Å². The average Bonchev–Trinajstić information content (AvgIpc) is 2.68. The van der Waals surface area contributed by atoms with Crippen molar-refractivity contribution in [3.8, 4) is 11.8 Å². The van der Waals surface area contributed by atoms with Gasteiger partial charge in [0.05, 0.1) is 5.57 Å². The summed E-state index contributed by atoms with van der Waals surface area (Å²) < 4.78 is 24.1. The lowest BCUT2D eigenvalue weighted by molar-refractivity contribution is -0.131. The van der Waals surface area contributed by atoms with E-state index in [9.17, 15) is 9.18 Å². The highest BCUT2D eigenvalue weighted by Gasteiger charge is 2.22. The van der Waals surface area contributed by atoms with Crippen LogP contribution in [0.4, 0.5) is 4.39 Å². The number of ether oxygens (including phenoxy) is 2. The van der Waals surface area contributed by atoms with Crippen LogP contribution in [0.25, 0.3) is 6.08 Å². The molecule has 1 aromatic heterocycles. The Kier molecular flexibility index (Phi) is 4.85. The van der Waals surface area contributed by atoms with Crippen LogP contribution in [0, 0.1) is 5.82 Å². The van der Waals surface area contributed by atoms with Crippen molar-refractivity contribution in [3.63, 3.8) is 0 Å². The summed E-state index contributed by atoms with van der Waals surface area (Å²) in [5.41, 5.74) is 1.86. The van der Waals surface area contributed by atoms with Crippen LogP contribution >= 0.6 is 0 Å². The van der Waals surface area contributed by atoms with Crippen molar-refractivity contribution in [2.24, 2.45) is 0 Å². The van der Waals surface area contributed by atoms with Gasteiger partial charge in [-0.15, -0.1) is 0 Å². The number of hydrogen-bond acceptors (Lipinski definition) is 6. The molecule has 1 fully saturated rings. The van der Waals surface area contributed by atoms with Gasteiger partial charge in [-0.05, 0) is 68.7 Å². The van der Waals surface area contributed by atoms with Gasteiger partial charge >= 0.3 is 12.0 Å². The van der Waals surface area contributed by atoms with E-state index in [2.05, 4.69) is 21.9 Å². The number of fused-ring (bicyclic) bond motifs is 1. The number of likely N-dealkylation sites (tertiary alicyclic amines) is 1. The van der Waals surface area contributed by atoms with E-state index in [0.717, 1.165) is 31.5 Å². The van der Waals surface area contributed by atoms with Crippen LogP contribution < -0.4 is 9.47 Å². The van der Waals surface area contributed by atoms with Gasteiger partial charge in [0.1, 0.15) is 18.2 Å². The highest BCUT2D eigenvalue weighted by Crippen LogP contribution is 2.28. The highest BCUT2D eigenvalue weighted by atomic mass is 19.1. The minimum absolute atomic E-state index is 0.00242. The van der Waals surface area contributed by atoms with Gasteiger partial charge in [0.2, 0.25) is 0 Å².